The fourth-order valence-electron chi connectivity index (χ4n) is 1.25. The first-order valence-electron chi connectivity index (χ1n) is 4.52. The van der Waals surface area contributed by atoms with Gasteiger partial charge < -0.3 is 10.2 Å². The van der Waals surface area contributed by atoms with Gasteiger partial charge in [0.05, 0.1) is 0 Å². The first kappa shape index (κ1) is 9.45. The Labute approximate surface area is 87.4 Å². The van der Waals surface area contributed by atoms with Crippen molar-refractivity contribution in [3.63, 3.8) is 0 Å². The van der Waals surface area contributed by atoms with E-state index in [0.29, 0.717) is 5.89 Å². The molecule has 0 saturated heterocycles. The molecular formula is C11H11N3O. The van der Waals surface area contributed by atoms with Gasteiger partial charge in [-0.1, -0.05) is 29.4 Å². The molecule has 15 heavy (non-hydrogen) atoms. The van der Waals surface area contributed by atoms with Crippen LogP contribution in [0.15, 0.2) is 35.3 Å². The predicted octanol–water partition coefficient (Wildman–Crippen LogP) is 2.35. The molecule has 0 spiro atoms. The van der Waals surface area contributed by atoms with Crippen LogP contribution >= 0.6 is 0 Å². The number of benzene rings is 1. The van der Waals surface area contributed by atoms with Gasteiger partial charge in [-0.2, -0.15) is 0 Å². The molecule has 0 aliphatic rings. The number of hydrogen-bond donors (Lipinski definition) is 1. The molecule has 0 radical (unpaired) electrons. The molecule has 2 N–H and O–H groups in total. The molecule has 0 unspecified atom stereocenters. The Kier molecular flexibility index (Phi) is 2.25. The van der Waals surface area contributed by atoms with Gasteiger partial charge >= 0.3 is 6.01 Å². The highest BCUT2D eigenvalue weighted by Gasteiger charge is 2.05. The fourth-order valence-corrected chi connectivity index (χ4v) is 1.25. The van der Waals surface area contributed by atoms with Crippen LogP contribution < -0.4 is 5.73 Å². The molecule has 4 heteroatoms. The summed E-state index contributed by atoms with van der Waals surface area (Å²) >= 11 is 0. The van der Waals surface area contributed by atoms with Crippen LogP contribution in [0.25, 0.3) is 17.0 Å². The number of hydrogen-bond acceptors (Lipinski definition) is 4. The lowest BCUT2D eigenvalue weighted by Gasteiger charge is -1.99. The number of anilines is 1. The molecular weight excluding hydrogens is 190 g/mol. The molecule has 2 rings (SSSR count). The smallest absolute Gasteiger partial charge is 0.313 e. The first-order chi connectivity index (χ1) is 7.16. The molecule has 0 bridgehead atoms. The minimum Gasteiger partial charge on any atom is -0.404 e. The summed E-state index contributed by atoms with van der Waals surface area (Å²) < 4.78 is 5.10. The second-order valence-corrected chi connectivity index (χ2v) is 3.30. The lowest BCUT2D eigenvalue weighted by atomic mass is 10.1. The molecule has 0 saturated carbocycles. The molecule has 0 fully saturated rings. The topological polar surface area (TPSA) is 64.9 Å². The SMILES string of the molecule is C=C(C)c1ccc(-c2nnc(N)o2)cc1. The van der Waals surface area contributed by atoms with Crippen molar-refractivity contribution in [2.24, 2.45) is 0 Å². The molecule has 1 heterocycles. The Morgan fingerprint density at radius 3 is 2.40 bits per heavy atom. The highest BCUT2D eigenvalue weighted by Crippen LogP contribution is 2.21. The third-order valence-corrected chi connectivity index (χ3v) is 2.07. The summed E-state index contributed by atoms with van der Waals surface area (Å²) in [7, 11) is 0. The Balaban J connectivity index is 2.35. The zero-order valence-electron chi connectivity index (χ0n) is 8.40. The Hall–Kier alpha value is -2.10. The molecule has 1 aromatic carbocycles. The molecule has 1 aromatic heterocycles. The van der Waals surface area contributed by atoms with E-state index in [-0.39, 0.29) is 6.01 Å². The standard InChI is InChI=1S/C11H11N3O/c1-7(2)8-3-5-9(6-4-8)10-13-14-11(12)15-10/h3-6H,1H2,2H3,(H2,12,14). The molecule has 4 nitrogen and oxygen atoms in total. The molecule has 0 aliphatic heterocycles. The van der Waals surface area contributed by atoms with Gasteiger partial charge in [-0.3, -0.25) is 0 Å². The van der Waals surface area contributed by atoms with Crippen molar-refractivity contribution in [2.75, 3.05) is 5.73 Å². The minimum atomic E-state index is 0.0778. The lowest BCUT2D eigenvalue weighted by Crippen LogP contribution is -1.81. The summed E-state index contributed by atoms with van der Waals surface area (Å²) in [6, 6.07) is 7.79. The van der Waals surface area contributed by atoms with E-state index in [2.05, 4.69) is 16.8 Å². The van der Waals surface area contributed by atoms with Crippen molar-refractivity contribution >= 4 is 11.6 Å². The van der Waals surface area contributed by atoms with Gasteiger partial charge in [0.15, 0.2) is 0 Å². The van der Waals surface area contributed by atoms with Crippen LogP contribution in [0.3, 0.4) is 0 Å². The summed E-state index contributed by atoms with van der Waals surface area (Å²) in [5.41, 5.74) is 8.30. The van der Waals surface area contributed by atoms with Crippen LogP contribution in [0.1, 0.15) is 12.5 Å². The monoisotopic (exact) mass is 201 g/mol. The summed E-state index contributed by atoms with van der Waals surface area (Å²) in [6.45, 7) is 5.82. The minimum absolute atomic E-state index is 0.0778. The van der Waals surface area contributed by atoms with Gasteiger partial charge in [0.25, 0.3) is 0 Å². The number of allylic oxidation sites excluding steroid dienone is 1. The van der Waals surface area contributed by atoms with Crippen molar-refractivity contribution in [1.82, 2.24) is 10.2 Å². The number of nitrogens with zero attached hydrogens (tertiary/aromatic N) is 2. The van der Waals surface area contributed by atoms with E-state index in [9.17, 15) is 0 Å². The van der Waals surface area contributed by atoms with Crippen LogP contribution in [-0.4, -0.2) is 10.2 Å². The van der Waals surface area contributed by atoms with Crippen molar-refractivity contribution < 1.29 is 4.42 Å². The Morgan fingerprint density at radius 2 is 1.93 bits per heavy atom. The Bertz CT molecular complexity index is 485. The van der Waals surface area contributed by atoms with Crippen molar-refractivity contribution in [3.8, 4) is 11.5 Å². The number of aromatic nitrogens is 2. The molecule has 0 atom stereocenters. The largest absolute Gasteiger partial charge is 0.404 e. The number of nitrogens with two attached hydrogens (primary N) is 1. The fraction of sp³-hybridized carbons (Fsp3) is 0.0909. The number of nitrogen functional groups attached to an aromatic ring is 1. The van der Waals surface area contributed by atoms with E-state index >= 15 is 0 Å². The van der Waals surface area contributed by atoms with Crippen molar-refractivity contribution in [1.29, 1.82) is 0 Å². The van der Waals surface area contributed by atoms with E-state index < -0.39 is 0 Å². The maximum atomic E-state index is 5.34. The molecule has 2 aromatic rings. The average molecular weight is 201 g/mol. The van der Waals surface area contributed by atoms with Gasteiger partial charge in [-0.05, 0) is 24.6 Å². The van der Waals surface area contributed by atoms with E-state index in [4.69, 9.17) is 10.2 Å². The van der Waals surface area contributed by atoms with Gasteiger partial charge in [-0.25, -0.2) is 0 Å². The highest BCUT2D eigenvalue weighted by molar-refractivity contribution is 5.64. The molecule has 0 amide bonds. The lowest BCUT2D eigenvalue weighted by molar-refractivity contribution is 0.590. The second kappa shape index (κ2) is 3.57. The average Bonchev–Trinajstić information content (AvgIpc) is 2.65. The van der Waals surface area contributed by atoms with Crippen LogP contribution in [0.4, 0.5) is 6.01 Å². The van der Waals surface area contributed by atoms with Crippen LogP contribution in [-0.2, 0) is 0 Å². The van der Waals surface area contributed by atoms with Gasteiger partial charge in [0, 0.05) is 5.56 Å². The quantitative estimate of drug-likeness (QED) is 0.809. The summed E-state index contributed by atoms with van der Waals surface area (Å²) in [6.07, 6.45) is 0. The van der Waals surface area contributed by atoms with E-state index in [1.165, 1.54) is 0 Å². The highest BCUT2D eigenvalue weighted by atomic mass is 16.4. The third-order valence-electron chi connectivity index (χ3n) is 2.07. The normalized spacial score (nSPS) is 10.2. The molecule has 0 aliphatic carbocycles. The van der Waals surface area contributed by atoms with Gasteiger partial charge in [-0.15, -0.1) is 5.10 Å². The van der Waals surface area contributed by atoms with Crippen molar-refractivity contribution in [3.05, 3.63) is 36.4 Å². The number of rotatable bonds is 2. The maximum absolute atomic E-state index is 5.34. The van der Waals surface area contributed by atoms with Gasteiger partial charge in [0.1, 0.15) is 0 Å². The summed E-state index contributed by atoms with van der Waals surface area (Å²) in [4.78, 5) is 0. The third kappa shape index (κ3) is 1.88. The second-order valence-electron chi connectivity index (χ2n) is 3.30. The molecule has 76 valence electrons. The van der Waals surface area contributed by atoms with E-state index in [0.717, 1.165) is 16.7 Å². The zero-order chi connectivity index (χ0) is 10.8. The van der Waals surface area contributed by atoms with Crippen LogP contribution in [0, 0.1) is 0 Å². The zero-order valence-corrected chi connectivity index (χ0v) is 8.40. The summed E-state index contributed by atoms with van der Waals surface area (Å²) in [5.74, 6) is 0.431. The van der Waals surface area contributed by atoms with Crippen LogP contribution in [0.5, 0.6) is 0 Å². The first-order valence-corrected chi connectivity index (χ1v) is 4.52. The predicted molar refractivity (Wildman–Crippen MR) is 58.9 cm³/mol. The maximum Gasteiger partial charge on any atom is 0.313 e. The van der Waals surface area contributed by atoms with E-state index in [1.807, 2.05) is 31.2 Å². The van der Waals surface area contributed by atoms with Crippen LogP contribution in [0.2, 0.25) is 0 Å². The van der Waals surface area contributed by atoms with Gasteiger partial charge in [0.2, 0.25) is 5.89 Å². The summed E-state index contributed by atoms with van der Waals surface area (Å²) in [5, 5.41) is 7.39. The van der Waals surface area contributed by atoms with Crippen molar-refractivity contribution in [2.45, 2.75) is 6.92 Å². The van der Waals surface area contributed by atoms with E-state index in [1.54, 1.807) is 0 Å². The Morgan fingerprint density at radius 1 is 1.27 bits per heavy atom.